The Kier molecular flexibility index (Phi) is 10.7. The summed E-state index contributed by atoms with van der Waals surface area (Å²) in [6.07, 6.45) is 0.890. The maximum atomic E-state index is 13.3. The smallest absolute Gasteiger partial charge is 0.430 e. The van der Waals surface area contributed by atoms with Gasteiger partial charge in [0, 0.05) is 11.0 Å². The highest BCUT2D eigenvalue weighted by Gasteiger charge is 2.48. The van der Waals surface area contributed by atoms with Gasteiger partial charge in [0.05, 0.1) is 0 Å². The van der Waals surface area contributed by atoms with Crippen LogP contribution in [0.2, 0.25) is 0 Å². The van der Waals surface area contributed by atoms with Gasteiger partial charge in [0.25, 0.3) is 0 Å². The van der Waals surface area contributed by atoms with Crippen molar-refractivity contribution in [3.05, 3.63) is 35.9 Å². The summed E-state index contributed by atoms with van der Waals surface area (Å²) >= 11 is 1.59. The number of nitrogens with zero attached hydrogens (tertiary/aromatic N) is 1. The second-order valence-electron chi connectivity index (χ2n) is 9.97. The zero-order valence-electron chi connectivity index (χ0n) is 21.3. The van der Waals surface area contributed by atoms with Gasteiger partial charge in [-0.3, -0.25) is 0 Å². The molecule has 8 heteroatoms. The average Bonchev–Trinajstić information content (AvgIpc) is 2.70. The quantitative estimate of drug-likeness (QED) is 0.339. The van der Waals surface area contributed by atoms with Gasteiger partial charge < -0.3 is 14.3 Å². The first-order valence-corrected chi connectivity index (χ1v) is 12.5. The summed E-state index contributed by atoms with van der Waals surface area (Å²) < 4.78 is 11.0. The van der Waals surface area contributed by atoms with Gasteiger partial charge in [0.1, 0.15) is 23.0 Å². The third-order valence-corrected chi connectivity index (χ3v) is 6.31. The average molecular weight is 481 g/mol. The standard InChI is InChI=1S/C25H40N2O5S/c1-9-14-20(33-17-19-15-12-11-13-16-19)25(10-2,18-28)27(22(30)32-24(6,7)8)26-21(29)31-23(3,4)5/h11-13,15-16,18,20H,9-10,14,17H2,1-8H3,(H,26,29)/t20-,25+/m0/s1. The topological polar surface area (TPSA) is 84.9 Å². The van der Waals surface area contributed by atoms with E-state index in [0.29, 0.717) is 12.2 Å². The second kappa shape index (κ2) is 12.3. The minimum atomic E-state index is -1.32. The Morgan fingerprint density at radius 3 is 2.06 bits per heavy atom. The summed E-state index contributed by atoms with van der Waals surface area (Å²) in [5.74, 6) is 0.662. The fraction of sp³-hybridized carbons (Fsp3) is 0.640. The number of carbonyl (C=O) groups excluding carboxylic acids is 3. The zero-order valence-corrected chi connectivity index (χ0v) is 22.1. The molecular formula is C25H40N2O5S. The Hall–Kier alpha value is -2.22. The number of rotatable bonds is 9. The summed E-state index contributed by atoms with van der Waals surface area (Å²) in [6, 6.07) is 9.93. The van der Waals surface area contributed by atoms with Crippen LogP contribution < -0.4 is 5.43 Å². The number of hydrogen-bond donors (Lipinski definition) is 1. The lowest BCUT2D eigenvalue weighted by molar-refractivity contribution is -0.121. The number of benzene rings is 1. The van der Waals surface area contributed by atoms with E-state index in [2.05, 4.69) is 5.43 Å². The first-order valence-electron chi connectivity index (χ1n) is 11.4. The van der Waals surface area contributed by atoms with Gasteiger partial charge >= 0.3 is 12.2 Å². The molecule has 186 valence electrons. The SMILES string of the molecule is CCC[C@H](SCc1ccccc1)[C@](C=O)(CC)N(NC(=O)OC(C)(C)C)C(=O)OC(C)(C)C. The number of carbonyl (C=O) groups is 3. The van der Waals surface area contributed by atoms with Gasteiger partial charge in [-0.1, -0.05) is 50.6 Å². The van der Waals surface area contributed by atoms with Crippen molar-refractivity contribution in [3.8, 4) is 0 Å². The van der Waals surface area contributed by atoms with Gasteiger partial charge in [-0.25, -0.2) is 20.0 Å². The maximum absolute atomic E-state index is 13.3. The Bertz CT molecular complexity index is 773. The number of thioether (sulfide) groups is 1. The van der Waals surface area contributed by atoms with E-state index in [9.17, 15) is 14.4 Å². The number of hydrogen-bond acceptors (Lipinski definition) is 6. The van der Waals surface area contributed by atoms with Crippen molar-refractivity contribution in [1.29, 1.82) is 0 Å². The Balaban J connectivity index is 3.38. The minimum Gasteiger partial charge on any atom is -0.443 e. The van der Waals surface area contributed by atoms with E-state index in [0.717, 1.165) is 23.3 Å². The predicted molar refractivity (Wildman–Crippen MR) is 133 cm³/mol. The van der Waals surface area contributed by atoms with E-state index in [-0.39, 0.29) is 11.7 Å². The van der Waals surface area contributed by atoms with Crippen molar-refractivity contribution in [3.63, 3.8) is 0 Å². The van der Waals surface area contributed by atoms with E-state index in [1.165, 1.54) is 0 Å². The molecule has 0 saturated heterocycles. The summed E-state index contributed by atoms with van der Waals surface area (Å²) in [5.41, 5.74) is 0.730. The normalized spacial score (nSPS) is 14.5. The van der Waals surface area contributed by atoms with Crippen LogP contribution >= 0.6 is 11.8 Å². The molecule has 1 rings (SSSR count). The molecule has 2 atom stereocenters. The fourth-order valence-corrected chi connectivity index (χ4v) is 4.88. The summed E-state index contributed by atoms with van der Waals surface area (Å²) in [7, 11) is 0. The first kappa shape index (κ1) is 28.8. The lowest BCUT2D eigenvalue weighted by atomic mass is 9.90. The maximum Gasteiger partial charge on any atom is 0.430 e. The molecule has 0 spiro atoms. The van der Waals surface area contributed by atoms with Crippen LogP contribution in [0.15, 0.2) is 30.3 Å². The van der Waals surface area contributed by atoms with Crippen LogP contribution in [0.1, 0.15) is 80.2 Å². The molecule has 0 aliphatic carbocycles. The van der Waals surface area contributed by atoms with Gasteiger partial charge in [0.2, 0.25) is 0 Å². The lowest BCUT2D eigenvalue weighted by Crippen LogP contribution is -2.66. The molecule has 0 unspecified atom stereocenters. The molecule has 0 aliphatic heterocycles. The molecule has 0 aromatic heterocycles. The third kappa shape index (κ3) is 9.27. The molecule has 33 heavy (non-hydrogen) atoms. The lowest BCUT2D eigenvalue weighted by Gasteiger charge is -2.44. The number of hydrazine groups is 1. The van der Waals surface area contributed by atoms with Crippen LogP contribution in [-0.4, -0.2) is 45.5 Å². The highest BCUT2D eigenvalue weighted by atomic mass is 32.2. The van der Waals surface area contributed by atoms with Crippen LogP contribution in [0.3, 0.4) is 0 Å². The van der Waals surface area contributed by atoms with Crippen molar-refractivity contribution in [1.82, 2.24) is 10.4 Å². The molecule has 0 fully saturated rings. The van der Waals surface area contributed by atoms with Gasteiger partial charge in [-0.05, 0) is 59.9 Å². The second-order valence-corrected chi connectivity index (χ2v) is 11.2. The van der Waals surface area contributed by atoms with E-state index < -0.39 is 28.9 Å². The molecule has 7 nitrogen and oxygen atoms in total. The summed E-state index contributed by atoms with van der Waals surface area (Å²) in [6.45, 7) is 14.2. The first-order chi connectivity index (χ1) is 15.3. The Morgan fingerprint density at radius 2 is 1.61 bits per heavy atom. The van der Waals surface area contributed by atoms with Gasteiger partial charge in [0.15, 0.2) is 0 Å². The van der Waals surface area contributed by atoms with Crippen molar-refractivity contribution >= 4 is 30.2 Å². The number of nitrogens with one attached hydrogen (secondary N) is 1. The van der Waals surface area contributed by atoms with Crippen molar-refractivity contribution in [2.75, 3.05) is 0 Å². The molecular weight excluding hydrogens is 440 g/mol. The van der Waals surface area contributed by atoms with E-state index in [1.54, 1.807) is 53.3 Å². The number of aldehydes is 1. The number of ether oxygens (including phenoxy) is 2. The molecule has 1 N–H and O–H groups in total. The van der Waals surface area contributed by atoms with E-state index in [4.69, 9.17) is 9.47 Å². The van der Waals surface area contributed by atoms with E-state index >= 15 is 0 Å². The van der Waals surface area contributed by atoms with Crippen molar-refractivity contribution in [2.24, 2.45) is 0 Å². The number of amides is 2. The van der Waals surface area contributed by atoms with Crippen LogP contribution in [0, 0.1) is 0 Å². The molecule has 1 aromatic carbocycles. The molecule has 0 heterocycles. The largest absolute Gasteiger partial charge is 0.443 e. The Labute approximate surface area is 202 Å². The molecule has 0 aliphatic rings. The Morgan fingerprint density at radius 1 is 1.03 bits per heavy atom. The van der Waals surface area contributed by atoms with Crippen LogP contribution in [0.4, 0.5) is 9.59 Å². The predicted octanol–water partition coefficient (Wildman–Crippen LogP) is 6.11. The van der Waals surface area contributed by atoms with Crippen LogP contribution in [0.25, 0.3) is 0 Å². The summed E-state index contributed by atoms with van der Waals surface area (Å²) in [4.78, 5) is 38.7. The highest BCUT2D eigenvalue weighted by molar-refractivity contribution is 7.99. The van der Waals surface area contributed by atoms with Gasteiger partial charge in [-0.2, -0.15) is 11.8 Å². The summed E-state index contributed by atoms with van der Waals surface area (Å²) in [5, 5.41) is 0.755. The van der Waals surface area contributed by atoms with E-state index in [1.807, 2.05) is 44.2 Å². The molecule has 0 radical (unpaired) electrons. The molecule has 1 aromatic rings. The van der Waals surface area contributed by atoms with Crippen LogP contribution in [-0.2, 0) is 20.0 Å². The molecule has 0 saturated carbocycles. The highest BCUT2D eigenvalue weighted by Crippen LogP contribution is 2.36. The van der Waals surface area contributed by atoms with Crippen molar-refractivity contribution < 1.29 is 23.9 Å². The third-order valence-electron chi connectivity index (χ3n) is 4.77. The zero-order chi connectivity index (χ0) is 25.3. The van der Waals surface area contributed by atoms with Crippen molar-refractivity contribution in [2.45, 2.75) is 102 Å². The fourth-order valence-electron chi connectivity index (χ4n) is 3.27. The molecule has 0 bridgehead atoms. The van der Waals surface area contributed by atoms with Crippen LogP contribution in [0.5, 0.6) is 0 Å². The van der Waals surface area contributed by atoms with Gasteiger partial charge in [-0.15, -0.1) is 0 Å². The molecule has 2 amide bonds. The minimum absolute atomic E-state index is 0.285. The monoisotopic (exact) mass is 480 g/mol.